The molecule has 1 fully saturated rings. The minimum Gasteiger partial charge on any atom is -0.372 e. The molecule has 3 rings (SSSR count). The quantitative estimate of drug-likeness (QED) is 0.846. The zero-order valence-corrected chi connectivity index (χ0v) is 15.6. The summed E-state index contributed by atoms with van der Waals surface area (Å²) in [6, 6.07) is 9.93. The number of nitrogens with zero attached hydrogens (tertiary/aromatic N) is 2. The maximum atomic E-state index is 13.6. The first-order valence-electron chi connectivity index (χ1n) is 9.16. The van der Waals surface area contributed by atoms with Crippen molar-refractivity contribution in [2.45, 2.75) is 32.5 Å². The number of halogens is 1. The standard InChI is InChI=1S/C20H25FN4O2/c1-14-12-25(13-15(2)27-14)19-8-7-17(11-23-19)24-20(26)22-10-9-16-5-3-4-6-18(16)21/h3-8,11,14-15H,9-10,12-13H2,1-2H3,(H2,22,24,26). The van der Waals surface area contributed by atoms with Crippen molar-refractivity contribution in [1.82, 2.24) is 10.3 Å². The second-order valence-corrected chi connectivity index (χ2v) is 6.79. The molecule has 7 heteroatoms. The molecule has 2 atom stereocenters. The number of rotatable bonds is 5. The van der Waals surface area contributed by atoms with Crippen LogP contribution in [0.15, 0.2) is 42.6 Å². The van der Waals surface area contributed by atoms with Crippen molar-refractivity contribution in [2.75, 3.05) is 29.9 Å². The summed E-state index contributed by atoms with van der Waals surface area (Å²) in [6.45, 7) is 6.03. The molecular formula is C20H25FN4O2. The average Bonchev–Trinajstić information content (AvgIpc) is 2.63. The summed E-state index contributed by atoms with van der Waals surface area (Å²) < 4.78 is 19.3. The van der Waals surface area contributed by atoms with E-state index in [2.05, 4.69) is 20.5 Å². The fourth-order valence-electron chi connectivity index (χ4n) is 3.20. The third-order valence-electron chi connectivity index (χ3n) is 4.39. The van der Waals surface area contributed by atoms with Gasteiger partial charge in [0.05, 0.1) is 24.1 Å². The van der Waals surface area contributed by atoms with Crippen LogP contribution in [-0.4, -0.2) is 42.9 Å². The van der Waals surface area contributed by atoms with Crippen molar-refractivity contribution in [3.8, 4) is 0 Å². The van der Waals surface area contributed by atoms with Crippen molar-refractivity contribution in [3.63, 3.8) is 0 Å². The van der Waals surface area contributed by atoms with Crippen molar-refractivity contribution < 1.29 is 13.9 Å². The number of morpholine rings is 1. The van der Waals surface area contributed by atoms with Gasteiger partial charge in [0, 0.05) is 19.6 Å². The Kier molecular flexibility index (Phi) is 6.24. The number of benzene rings is 1. The molecule has 0 saturated carbocycles. The van der Waals surface area contributed by atoms with E-state index in [0.29, 0.717) is 24.2 Å². The summed E-state index contributed by atoms with van der Waals surface area (Å²) in [5.74, 6) is 0.605. The number of pyridine rings is 1. The summed E-state index contributed by atoms with van der Waals surface area (Å²) >= 11 is 0. The maximum Gasteiger partial charge on any atom is 0.319 e. The molecule has 0 bridgehead atoms. The fraction of sp³-hybridized carbons (Fsp3) is 0.400. The lowest BCUT2D eigenvalue weighted by molar-refractivity contribution is -0.00545. The molecule has 2 amide bonds. The molecule has 6 nitrogen and oxygen atoms in total. The lowest BCUT2D eigenvalue weighted by atomic mass is 10.1. The first kappa shape index (κ1) is 19.1. The van der Waals surface area contributed by atoms with E-state index in [0.717, 1.165) is 18.9 Å². The largest absolute Gasteiger partial charge is 0.372 e. The molecule has 1 aliphatic heterocycles. The highest BCUT2D eigenvalue weighted by atomic mass is 19.1. The molecule has 2 N–H and O–H groups in total. The minimum absolute atomic E-state index is 0.161. The van der Waals surface area contributed by atoms with Crippen LogP contribution < -0.4 is 15.5 Å². The van der Waals surface area contributed by atoms with Crippen LogP contribution >= 0.6 is 0 Å². The number of amides is 2. The highest BCUT2D eigenvalue weighted by Gasteiger charge is 2.23. The molecule has 1 aromatic heterocycles. The Morgan fingerprint density at radius 2 is 1.96 bits per heavy atom. The van der Waals surface area contributed by atoms with Crippen molar-refractivity contribution >= 4 is 17.5 Å². The highest BCUT2D eigenvalue weighted by Crippen LogP contribution is 2.19. The van der Waals surface area contributed by atoms with Gasteiger partial charge in [-0.05, 0) is 44.0 Å². The van der Waals surface area contributed by atoms with Gasteiger partial charge in [0.15, 0.2) is 0 Å². The van der Waals surface area contributed by atoms with Gasteiger partial charge in [0.1, 0.15) is 11.6 Å². The Bertz CT molecular complexity index is 759. The Labute approximate surface area is 158 Å². The lowest BCUT2D eigenvalue weighted by Crippen LogP contribution is -2.45. The number of hydrogen-bond donors (Lipinski definition) is 2. The SMILES string of the molecule is CC1CN(c2ccc(NC(=O)NCCc3ccccc3F)cn2)CC(C)O1. The number of ether oxygens (including phenoxy) is 1. The zero-order valence-electron chi connectivity index (χ0n) is 15.6. The number of nitrogens with one attached hydrogen (secondary N) is 2. The summed E-state index contributed by atoms with van der Waals surface area (Å²) in [4.78, 5) is 18.6. The Morgan fingerprint density at radius 1 is 1.22 bits per heavy atom. The molecule has 1 aromatic carbocycles. The molecule has 2 unspecified atom stereocenters. The summed E-state index contributed by atoms with van der Waals surface area (Å²) in [6.07, 6.45) is 2.39. The second kappa shape index (κ2) is 8.81. The summed E-state index contributed by atoms with van der Waals surface area (Å²) in [5.41, 5.74) is 1.19. The molecule has 144 valence electrons. The third-order valence-corrected chi connectivity index (χ3v) is 4.39. The lowest BCUT2D eigenvalue weighted by Gasteiger charge is -2.36. The van der Waals surface area contributed by atoms with E-state index < -0.39 is 0 Å². The molecule has 2 heterocycles. The molecule has 0 aliphatic carbocycles. The van der Waals surface area contributed by atoms with E-state index in [1.54, 1.807) is 24.4 Å². The molecular weight excluding hydrogens is 347 g/mol. The minimum atomic E-state index is -0.338. The van der Waals surface area contributed by atoms with Crippen LogP contribution in [0.25, 0.3) is 0 Å². The van der Waals surface area contributed by atoms with Crippen LogP contribution in [-0.2, 0) is 11.2 Å². The van der Waals surface area contributed by atoms with Gasteiger partial charge >= 0.3 is 6.03 Å². The number of aromatic nitrogens is 1. The molecule has 0 spiro atoms. The van der Waals surface area contributed by atoms with E-state index in [1.165, 1.54) is 6.07 Å². The molecule has 27 heavy (non-hydrogen) atoms. The predicted octanol–water partition coefficient (Wildman–Crippen LogP) is 3.20. The van der Waals surface area contributed by atoms with Crippen LogP contribution in [0.1, 0.15) is 19.4 Å². The summed E-state index contributed by atoms with van der Waals surface area (Å²) in [7, 11) is 0. The smallest absolute Gasteiger partial charge is 0.319 e. The van der Waals surface area contributed by atoms with Crippen LogP contribution in [0.4, 0.5) is 20.7 Å². The average molecular weight is 372 g/mol. The van der Waals surface area contributed by atoms with E-state index in [9.17, 15) is 9.18 Å². The Hall–Kier alpha value is -2.67. The Balaban J connectivity index is 1.48. The van der Waals surface area contributed by atoms with Crippen LogP contribution in [0.3, 0.4) is 0 Å². The molecule has 1 saturated heterocycles. The highest BCUT2D eigenvalue weighted by molar-refractivity contribution is 5.89. The number of urea groups is 1. The van der Waals surface area contributed by atoms with Gasteiger partial charge in [0.25, 0.3) is 0 Å². The second-order valence-electron chi connectivity index (χ2n) is 6.79. The maximum absolute atomic E-state index is 13.6. The van der Waals surface area contributed by atoms with Gasteiger partial charge in [-0.2, -0.15) is 0 Å². The zero-order chi connectivity index (χ0) is 19.2. The number of carbonyl (C=O) groups is 1. The molecule has 2 aromatic rings. The van der Waals surface area contributed by atoms with Crippen LogP contribution in [0, 0.1) is 5.82 Å². The number of hydrogen-bond acceptors (Lipinski definition) is 4. The predicted molar refractivity (Wildman–Crippen MR) is 104 cm³/mol. The van der Waals surface area contributed by atoms with E-state index in [-0.39, 0.29) is 24.1 Å². The topological polar surface area (TPSA) is 66.5 Å². The van der Waals surface area contributed by atoms with Gasteiger partial charge in [-0.25, -0.2) is 14.2 Å². The monoisotopic (exact) mass is 372 g/mol. The summed E-state index contributed by atoms with van der Waals surface area (Å²) in [5, 5.41) is 5.47. The van der Waals surface area contributed by atoms with Gasteiger partial charge in [-0.3, -0.25) is 0 Å². The Morgan fingerprint density at radius 3 is 2.63 bits per heavy atom. The first-order valence-corrected chi connectivity index (χ1v) is 9.16. The fourth-order valence-corrected chi connectivity index (χ4v) is 3.20. The first-order chi connectivity index (χ1) is 13.0. The van der Waals surface area contributed by atoms with Crippen molar-refractivity contribution in [1.29, 1.82) is 0 Å². The van der Waals surface area contributed by atoms with Crippen molar-refractivity contribution in [3.05, 3.63) is 54.0 Å². The van der Waals surface area contributed by atoms with Crippen LogP contribution in [0.5, 0.6) is 0 Å². The number of anilines is 2. The third kappa shape index (κ3) is 5.40. The van der Waals surface area contributed by atoms with Gasteiger partial charge < -0.3 is 20.3 Å². The van der Waals surface area contributed by atoms with Gasteiger partial charge in [-0.1, -0.05) is 18.2 Å². The number of carbonyl (C=O) groups excluding carboxylic acids is 1. The van der Waals surface area contributed by atoms with Crippen LogP contribution in [0.2, 0.25) is 0 Å². The van der Waals surface area contributed by atoms with E-state index in [1.807, 2.05) is 26.0 Å². The van der Waals surface area contributed by atoms with Crippen molar-refractivity contribution in [2.24, 2.45) is 0 Å². The van der Waals surface area contributed by atoms with Gasteiger partial charge in [-0.15, -0.1) is 0 Å². The van der Waals surface area contributed by atoms with Gasteiger partial charge in [0.2, 0.25) is 0 Å². The normalized spacial score (nSPS) is 19.6. The molecule has 0 radical (unpaired) electrons. The van der Waals surface area contributed by atoms with E-state index >= 15 is 0 Å². The van der Waals surface area contributed by atoms with E-state index in [4.69, 9.17) is 4.74 Å². The molecule has 1 aliphatic rings.